The van der Waals surface area contributed by atoms with Gasteiger partial charge in [0, 0.05) is 6.07 Å². The van der Waals surface area contributed by atoms with E-state index in [-0.39, 0.29) is 17.3 Å². The number of amides is 1. The molecule has 98 valence electrons. The number of carbonyl (C=O) groups excluding carboxylic acids is 1. The van der Waals surface area contributed by atoms with Crippen molar-refractivity contribution in [3.63, 3.8) is 0 Å². The van der Waals surface area contributed by atoms with E-state index in [2.05, 4.69) is 9.97 Å². The number of aromatic nitrogens is 2. The topological polar surface area (TPSA) is 66.1 Å². The minimum Gasteiger partial charge on any atom is -0.313 e. The van der Waals surface area contributed by atoms with Gasteiger partial charge in [0.25, 0.3) is 5.56 Å². The van der Waals surface area contributed by atoms with E-state index in [1.807, 2.05) is 30.3 Å². The second kappa shape index (κ2) is 6.15. The van der Waals surface area contributed by atoms with Gasteiger partial charge in [-0.3, -0.25) is 14.5 Å². The van der Waals surface area contributed by atoms with Gasteiger partial charge >= 0.3 is 0 Å². The SMILES string of the molecule is O=C(CCl)N(Cc1ccccc1)c1cc(=O)[nH]cn1. The Morgan fingerprint density at radius 3 is 2.68 bits per heavy atom. The molecule has 1 aromatic heterocycles. The van der Waals surface area contributed by atoms with Crippen molar-refractivity contribution in [1.82, 2.24) is 9.97 Å². The Labute approximate surface area is 114 Å². The first-order chi connectivity index (χ1) is 9.20. The van der Waals surface area contributed by atoms with Gasteiger partial charge in [-0.05, 0) is 5.56 Å². The van der Waals surface area contributed by atoms with Gasteiger partial charge in [0.05, 0.1) is 12.9 Å². The highest BCUT2D eigenvalue weighted by Gasteiger charge is 2.16. The number of carbonyl (C=O) groups is 1. The number of aromatic amines is 1. The highest BCUT2D eigenvalue weighted by atomic mass is 35.5. The first kappa shape index (κ1) is 13.3. The molecule has 6 heteroatoms. The summed E-state index contributed by atoms with van der Waals surface area (Å²) in [5.74, 6) is -0.178. The van der Waals surface area contributed by atoms with Gasteiger partial charge in [0.2, 0.25) is 5.91 Å². The van der Waals surface area contributed by atoms with Crippen LogP contribution in [0, 0.1) is 0 Å². The summed E-state index contributed by atoms with van der Waals surface area (Å²) in [5.41, 5.74) is 0.619. The standard InChI is InChI=1S/C13H12ClN3O2/c14-7-13(19)17(8-10-4-2-1-3-5-10)11-6-12(18)16-9-15-11/h1-6,9H,7-8H2,(H,15,16,18). The molecule has 2 aromatic rings. The lowest BCUT2D eigenvalue weighted by Gasteiger charge is -2.20. The van der Waals surface area contributed by atoms with Crippen LogP contribution < -0.4 is 10.5 Å². The van der Waals surface area contributed by atoms with Crippen LogP contribution in [0.4, 0.5) is 5.82 Å². The fourth-order valence-corrected chi connectivity index (χ4v) is 1.79. The molecule has 2 rings (SSSR count). The molecule has 0 spiro atoms. The second-order valence-corrected chi connectivity index (χ2v) is 4.14. The Balaban J connectivity index is 2.31. The van der Waals surface area contributed by atoms with Crippen LogP contribution in [0.25, 0.3) is 0 Å². The highest BCUT2D eigenvalue weighted by Crippen LogP contribution is 2.13. The smallest absolute Gasteiger partial charge is 0.252 e. The lowest BCUT2D eigenvalue weighted by molar-refractivity contribution is -0.116. The molecule has 0 saturated carbocycles. The van der Waals surface area contributed by atoms with Gasteiger partial charge in [-0.25, -0.2) is 4.98 Å². The fourth-order valence-electron chi connectivity index (χ4n) is 1.64. The summed E-state index contributed by atoms with van der Waals surface area (Å²) < 4.78 is 0. The molecule has 1 aromatic carbocycles. The van der Waals surface area contributed by atoms with E-state index in [4.69, 9.17) is 11.6 Å². The van der Waals surface area contributed by atoms with Gasteiger partial charge in [-0.2, -0.15) is 0 Å². The maximum absolute atomic E-state index is 11.9. The number of halogens is 1. The van der Waals surface area contributed by atoms with Gasteiger partial charge in [0.1, 0.15) is 11.7 Å². The molecule has 0 aliphatic rings. The quantitative estimate of drug-likeness (QED) is 0.862. The van der Waals surface area contributed by atoms with E-state index in [0.717, 1.165) is 5.56 Å². The second-order valence-electron chi connectivity index (χ2n) is 3.87. The van der Waals surface area contributed by atoms with Crippen LogP contribution in [0.5, 0.6) is 0 Å². The molecule has 0 bridgehead atoms. The van der Waals surface area contributed by atoms with Crippen LogP contribution in [0.2, 0.25) is 0 Å². The van der Waals surface area contributed by atoms with Crippen LogP contribution >= 0.6 is 11.6 Å². The predicted octanol–water partition coefficient (Wildman–Crippen LogP) is 1.54. The number of H-pyrrole nitrogens is 1. The van der Waals surface area contributed by atoms with E-state index in [1.165, 1.54) is 17.3 Å². The van der Waals surface area contributed by atoms with E-state index >= 15 is 0 Å². The summed E-state index contributed by atoms with van der Waals surface area (Å²) in [6.07, 6.45) is 1.26. The zero-order chi connectivity index (χ0) is 13.7. The van der Waals surface area contributed by atoms with Gasteiger partial charge < -0.3 is 4.98 Å². The number of alkyl halides is 1. The number of rotatable bonds is 4. The molecule has 5 nitrogen and oxygen atoms in total. The van der Waals surface area contributed by atoms with Crippen LogP contribution in [-0.2, 0) is 11.3 Å². The molecule has 0 aliphatic heterocycles. The number of hydrogen-bond donors (Lipinski definition) is 1. The molecule has 0 atom stereocenters. The Bertz CT molecular complexity index is 613. The normalized spacial score (nSPS) is 10.2. The molecular weight excluding hydrogens is 266 g/mol. The molecule has 0 unspecified atom stereocenters. The molecule has 0 fully saturated rings. The third-order valence-corrected chi connectivity index (χ3v) is 2.77. The van der Waals surface area contributed by atoms with Gasteiger partial charge in [0.15, 0.2) is 0 Å². The summed E-state index contributed by atoms with van der Waals surface area (Å²) in [6, 6.07) is 10.7. The molecule has 1 amide bonds. The zero-order valence-electron chi connectivity index (χ0n) is 10.0. The third-order valence-electron chi connectivity index (χ3n) is 2.54. The Kier molecular flexibility index (Phi) is 4.30. The predicted molar refractivity (Wildman–Crippen MR) is 73.2 cm³/mol. The largest absolute Gasteiger partial charge is 0.313 e. The van der Waals surface area contributed by atoms with Crippen molar-refractivity contribution < 1.29 is 4.79 Å². The number of nitrogens with one attached hydrogen (secondary N) is 1. The van der Waals surface area contributed by atoms with E-state index < -0.39 is 0 Å². The molecule has 0 radical (unpaired) electrons. The molecule has 0 saturated heterocycles. The summed E-state index contributed by atoms with van der Waals surface area (Å²) in [7, 11) is 0. The van der Waals surface area contributed by atoms with Crippen molar-refractivity contribution >= 4 is 23.3 Å². The number of nitrogens with zero attached hydrogens (tertiary/aromatic N) is 2. The number of anilines is 1. The molecule has 1 N–H and O–H groups in total. The average Bonchev–Trinajstić information content (AvgIpc) is 2.45. The van der Waals surface area contributed by atoms with E-state index in [1.54, 1.807) is 0 Å². The van der Waals surface area contributed by atoms with Crippen LogP contribution in [0.15, 0.2) is 47.5 Å². The van der Waals surface area contributed by atoms with Crippen molar-refractivity contribution in [2.75, 3.05) is 10.8 Å². The maximum Gasteiger partial charge on any atom is 0.252 e. The summed E-state index contributed by atoms with van der Waals surface area (Å²) in [4.78, 5) is 31.0. The van der Waals surface area contributed by atoms with E-state index in [9.17, 15) is 9.59 Å². The zero-order valence-corrected chi connectivity index (χ0v) is 10.8. The first-order valence-corrected chi connectivity index (χ1v) is 6.19. The Hall–Kier alpha value is -2.14. The van der Waals surface area contributed by atoms with Gasteiger partial charge in [-0.15, -0.1) is 11.6 Å². The molecule has 19 heavy (non-hydrogen) atoms. The van der Waals surface area contributed by atoms with Crippen molar-refractivity contribution in [1.29, 1.82) is 0 Å². The maximum atomic E-state index is 11.9. The summed E-state index contributed by atoms with van der Waals surface area (Å²) >= 11 is 5.60. The first-order valence-electron chi connectivity index (χ1n) is 5.65. The van der Waals surface area contributed by atoms with Crippen LogP contribution in [-0.4, -0.2) is 21.8 Å². The Morgan fingerprint density at radius 1 is 1.32 bits per heavy atom. The number of hydrogen-bond acceptors (Lipinski definition) is 3. The highest BCUT2D eigenvalue weighted by molar-refractivity contribution is 6.29. The monoisotopic (exact) mass is 277 g/mol. The molecular formula is C13H12ClN3O2. The fraction of sp³-hybridized carbons (Fsp3) is 0.154. The Morgan fingerprint density at radius 2 is 2.05 bits per heavy atom. The van der Waals surface area contributed by atoms with Crippen molar-refractivity contribution in [3.05, 3.63) is 58.6 Å². The molecule has 1 heterocycles. The van der Waals surface area contributed by atoms with Crippen molar-refractivity contribution in [2.45, 2.75) is 6.54 Å². The third kappa shape index (κ3) is 3.42. The summed E-state index contributed by atoms with van der Waals surface area (Å²) in [5, 5.41) is 0. The lowest BCUT2D eigenvalue weighted by atomic mass is 10.2. The van der Waals surface area contributed by atoms with Crippen molar-refractivity contribution in [2.24, 2.45) is 0 Å². The minimum atomic E-state index is -0.314. The number of benzene rings is 1. The lowest BCUT2D eigenvalue weighted by Crippen LogP contribution is -2.33. The van der Waals surface area contributed by atoms with Crippen molar-refractivity contribution in [3.8, 4) is 0 Å². The van der Waals surface area contributed by atoms with Crippen LogP contribution in [0.1, 0.15) is 5.56 Å². The minimum absolute atomic E-state index is 0.165. The average molecular weight is 278 g/mol. The summed E-state index contributed by atoms with van der Waals surface area (Å²) in [6.45, 7) is 0.322. The molecule has 0 aliphatic carbocycles. The van der Waals surface area contributed by atoms with Crippen LogP contribution in [0.3, 0.4) is 0 Å². The van der Waals surface area contributed by atoms with Gasteiger partial charge in [-0.1, -0.05) is 30.3 Å². The van der Waals surface area contributed by atoms with E-state index in [0.29, 0.717) is 12.4 Å².